The van der Waals surface area contributed by atoms with E-state index in [1.165, 1.54) is 4.88 Å². The monoisotopic (exact) mass is 257 g/mol. The van der Waals surface area contributed by atoms with Crippen molar-refractivity contribution in [2.24, 2.45) is 0 Å². The first kappa shape index (κ1) is 14.2. The van der Waals surface area contributed by atoms with E-state index in [0.717, 1.165) is 0 Å². The Morgan fingerprint density at radius 1 is 1.59 bits per heavy atom. The molecule has 1 rings (SSSR count). The first-order chi connectivity index (χ1) is 8.27. The Hall–Kier alpha value is -0.910. The third-order valence-corrected chi connectivity index (χ3v) is 3.25. The van der Waals surface area contributed by atoms with Crippen molar-refractivity contribution in [2.75, 3.05) is 26.9 Å². The Balaban J connectivity index is 2.50. The molecular weight excluding hydrogens is 238 g/mol. The Kier molecular flexibility index (Phi) is 6.84. The van der Waals surface area contributed by atoms with Gasteiger partial charge in [-0.15, -0.1) is 11.3 Å². The average molecular weight is 257 g/mol. The Labute approximate surface area is 106 Å². The van der Waals surface area contributed by atoms with Crippen LogP contribution in [0.25, 0.3) is 0 Å². The summed E-state index contributed by atoms with van der Waals surface area (Å²) in [6, 6.07) is 4.00. The van der Waals surface area contributed by atoms with Crippen LogP contribution in [0.5, 0.6) is 0 Å². The molecule has 4 nitrogen and oxygen atoms in total. The van der Waals surface area contributed by atoms with Crippen molar-refractivity contribution in [2.45, 2.75) is 19.4 Å². The van der Waals surface area contributed by atoms with Crippen LogP contribution >= 0.6 is 11.3 Å². The standard InChI is InChI=1S/C12H19NO3S/c1-16-8-6-13(12(15)5-2-7-14)10-11-4-3-9-17-11/h3-4,9,14H,2,5-8,10H2,1H3. The first-order valence-corrected chi connectivity index (χ1v) is 6.56. The van der Waals surface area contributed by atoms with Gasteiger partial charge in [0.05, 0.1) is 13.2 Å². The van der Waals surface area contributed by atoms with E-state index < -0.39 is 0 Å². The van der Waals surface area contributed by atoms with Gasteiger partial charge in [-0.1, -0.05) is 6.07 Å². The van der Waals surface area contributed by atoms with Gasteiger partial charge in [0.25, 0.3) is 0 Å². The molecule has 0 fully saturated rings. The number of carbonyl (C=O) groups excluding carboxylic acids is 1. The molecule has 0 aromatic carbocycles. The predicted octanol–water partition coefficient (Wildman–Crippen LogP) is 1.50. The zero-order valence-electron chi connectivity index (χ0n) is 10.1. The summed E-state index contributed by atoms with van der Waals surface area (Å²) >= 11 is 1.64. The van der Waals surface area contributed by atoms with Crippen LogP contribution in [0.4, 0.5) is 0 Å². The van der Waals surface area contributed by atoms with Gasteiger partial charge in [-0.05, 0) is 17.9 Å². The van der Waals surface area contributed by atoms with Gasteiger partial charge in [0, 0.05) is 31.6 Å². The second-order valence-electron chi connectivity index (χ2n) is 3.71. The molecule has 0 radical (unpaired) electrons. The van der Waals surface area contributed by atoms with E-state index >= 15 is 0 Å². The highest BCUT2D eigenvalue weighted by atomic mass is 32.1. The highest BCUT2D eigenvalue weighted by Crippen LogP contribution is 2.12. The molecule has 0 saturated heterocycles. The van der Waals surface area contributed by atoms with Crippen LogP contribution in [-0.4, -0.2) is 42.8 Å². The first-order valence-electron chi connectivity index (χ1n) is 5.68. The fourth-order valence-electron chi connectivity index (χ4n) is 1.47. The summed E-state index contributed by atoms with van der Waals surface area (Å²) in [6.45, 7) is 1.82. The van der Waals surface area contributed by atoms with Crippen LogP contribution < -0.4 is 0 Å². The van der Waals surface area contributed by atoms with Gasteiger partial charge < -0.3 is 14.7 Å². The Morgan fingerprint density at radius 2 is 2.41 bits per heavy atom. The van der Waals surface area contributed by atoms with Crippen LogP contribution in [-0.2, 0) is 16.1 Å². The minimum atomic E-state index is 0.0584. The maximum Gasteiger partial charge on any atom is 0.223 e. The zero-order valence-corrected chi connectivity index (χ0v) is 10.9. The van der Waals surface area contributed by atoms with Crippen molar-refractivity contribution in [1.82, 2.24) is 4.90 Å². The van der Waals surface area contributed by atoms with Crippen molar-refractivity contribution in [3.05, 3.63) is 22.4 Å². The molecule has 0 aliphatic rings. The van der Waals surface area contributed by atoms with E-state index in [0.29, 0.717) is 32.5 Å². The van der Waals surface area contributed by atoms with Crippen LogP contribution in [0.3, 0.4) is 0 Å². The maximum absolute atomic E-state index is 11.9. The van der Waals surface area contributed by atoms with E-state index in [1.807, 2.05) is 17.5 Å². The van der Waals surface area contributed by atoms with Gasteiger partial charge in [0.15, 0.2) is 0 Å². The highest BCUT2D eigenvalue weighted by Gasteiger charge is 2.13. The number of aliphatic hydroxyl groups is 1. The van der Waals surface area contributed by atoms with Gasteiger partial charge >= 0.3 is 0 Å². The third-order valence-electron chi connectivity index (χ3n) is 2.39. The van der Waals surface area contributed by atoms with Crippen LogP contribution in [0.2, 0.25) is 0 Å². The molecule has 1 amide bonds. The number of amides is 1. The molecule has 1 aromatic heterocycles. The second kappa shape index (κ2) is 8.22. The average Bonchev–Trinajstić information content (AvgIpc) is 2.84. The lowest BCUT2D eigenvalue weighted by molar-refractivity contribution is -0.132. The summed E-state index contributed by atoms with van der Waals surface area (Å²) in [7, 11) is 1.63. The largest absolute Gasteiger partial charge is 0.396 e. The number of thiophene rings is 1. The third kappa shape index (κ3) is 5.30. The van der Waals surface area contributed by atoms with Gasteiger partial charge in [-0.25, -0.2) is 0 Å². The van der Waals surface area contributed by atoms with Crippen molar-refractivity contribution in [3.8, 4) is 0 Å². The fourth-order valence-corrected chi connectivity index (χ4v) is 2.19. The number of hydrogen-bond acceptors (Lipinski definition) is 4. The molecule has 0 unspecified atom stereocenters. The SMILES string of the molecule is COCCN(Cc1cccs1)C(=O)CCCO. The molecule has 0 spiro atoms. The van der Waals surface area contributed by atoms with Crippen LogP contribution in [0.1, 0.15) is 17.7 Å². The summed E-state index contributed by atoms with van der Waals surface area (Å²) < 4.78 is 5.01. The van der Waals surface area contributed by atoms with Crippen LogP contribution in [0.15, 0.2) is 17.5 Å². The van der Waals surface area contributed by atoms with Crippen molar-refractivity contribution < 1.29 is 14.6 Å². The Bertz CT molecular complexity index is 314. The topological polar surface area (TPSA) is 49.8 Å². The summed E-state index contributed by atoms with van der Waals surface area (Å²) in [5, 5.41) is 10.7. The summed E-state index contributed by atoms with van der Waals surface area (Å²) in [6.07, 6.45) is 0.915. The number of ether oxygens (including phenoxy) is 1. The quantitative estimate of drug-likeness (QED) is 0.767. The lowest BCUT2D eigenvalue weighted by Gasteiger charge is -2.21. The maximum atomic E-state index is 11.9. The molecule has 0 aliphatic heterocycles. The number of rotatable bonds is 8. The van der Waals surface area contributed by atoms with Crippen molar-refractivity contribution in [1.29, 1.82) is 0 Å². The van der Waals surface area contributed by atoms with Gasteiger partial charge in [0.1, 0.15) is 0 Å². The second-order valence-corrected chi connectivity index (χ2v) is 4.75. The molecule has 0 bridgehead atoms. The molecule has 1 N–H and O–H groups in total. The fraction of sp³-hybridized carbons (Fsp3) is 0.583. The number of hydrogen-bond donors (Lipinski definition) is 1. The number of carbonyl (C=O) groups is 1. The molecule has 0 aliphatic carbocycles. The molecule has 1 heterocycles. The van der Waals surface area contributed by atoms with E-state index in [2.05, 4.69) is 0 Å². The van der Waals surface area contributed by atoms with E-state index in [4.69, 9.17) is 9.84 Å². The normalized spacial score (nSPS) is 10.5. The number of nitrogens with zero attached hydrogens (tertiary/aromatic N) is 1. The molecular formula is C12H19NO3S. The number of aliphatic hydroxyl groups excluding tert-OH is 1. The molecule has 5 heteroatoms. The summed E-state index contributed by atoms with van der Waals surface area (Å²) in [5.41, 5.74) is 0. The smallest absolute Gasteiger partial charge is 0.223 e. The zero-order chi connectivity index (χ0) is 12.5. The molecule has 0 saturated carbocycles. The minimum Gasteiger partial charge on any atom is -0.396 e. The van der Waals surface area contributed by atoms with E-state index in [9.17, 15) is 4.79 Å². The van der Waals surface area contributed by atoms with Gasteiger partial charge in [-0.2, -0.15) is 0 Å². The van der Waals surface area contributed by atoms with E-state index in [-0.39, 0.29) is 12.5 Å². The molecule has 17 heavy (non-hydrogen) atoms. The van der Waals surface area contributed by atoms with Crippen molar-refractivity contribution >= 4 is 17.2 Å². The van der Waals surface area contributed by atoms with Gasteiger partial charge in [0.2, 0.25) is 5.91 Å². The molecule has 96 valence electrons. The predicted molar refractivity (Wildman–Crippen MR) is 67.9 cm³/mol. The van der Waals surface area contributed by atoms with Crippen LogP contribution in [0, 0.1) is 0 Å². The van der Waals surface area contributed by atoms with Crippen molar-refractivity contribution in [3.63, 3.8) is 0 Å². The highest BCUT2D eigenvalue weighted by molar-refractivity contribution is 7.09. The summed E-state index contributed by atoms with van der Waals surface area (Å²) in [5.74, 6) is 0.0736. The lowest BCUT2D eigenvalue weighted by Crippen LogP contribution is -2.33. The minimum absolute atomic E-state index is 0.0584. The molecule has 0 atom stereocenters. The van der Waals surface area contributed by atoms with Gasteiger partial charge in [-0.3, -0.25) is 4.79 Å². The number of methoxy groups -OCH3 is 1. The lowest BCUT2D eigenvalue weighted by atomic mass is 10.2. The Morgan fingerprint density at radius 3 is 3.00 bits per heavy atom. The molecule has 1 aromatic rings. The van der Waals surface area contributed by atoms with E-state index in [1.54, 1.807) is 23.3 Å². The summed E-state index contributed by atoms with van der Waals surface area (Å²) in [4.78, 5) is 14.8.